The minimum Gasteiger partial charge on any atom is -0.508 e. The van der Waals surface area contributed by atoms with Gasteiger partial charge in [-0.05, 0) is 92.8 Å². The number of ether oxygens (including phenoxy) is 1. The van der Waals surface area contributed by atoms with Crippen LogP contribution in [0.3, 0.4) is 0 Å². The van der Waals surface area contributed by atoms with Crippen molar-refractivity contribution in [1.29, 1.82) is 0 Å². The van der Waals surface area contributed by atoms with E-state index in [1.807, 2.05) is 25.1 Å². The van der Waals surface area contributed by atoms with Gasteiger partial charge in [0.2, 0.25) is 23.6 Å². The molecule has 2 aliphatic heterocycles. The molecule has 6 atom stereocenters. The van der Waals surface area contributed by atoms with Crippen molar-refractivity contribution < 1.29 is 42.2 Å². The Balaban J connectivity index is 1.16. The molecule has 5 aliphatic rings. The van der Waals surface area contributed by atoms with Gasteiger partial charge in [-0.15, -0.1) is 24.5 Å². The Morgan fingerprint density at radius 1 is 0.982 bits per heavy atom. The third kappa shape index (κ3) is 5.45. The molecule has 2 aromatic heterocycles. The van der Waals surface area contributed by atoms with Crippen LogP contribution in [0.2, 0.25) is 5.02 Å². The number of fused-ring (bicyclic) bond motifs is 5. The van der Waals surface area contributed by atoms with Crippen LogP contribution in [0.15, 0.2) is 54.1 Å². The van der Waals surface area contributed by atoms with Gasteiger partial charge in [0, 0.05) is 40.4 Å². The molecule has 4 heterocycles. The molecule has 9 rings (SSSR count). The number of carbonyl (C=O) groups is 4. The fourth-order valence-electron chi connectivity index (χ4n) is 10.5. The maximum Gasteiger partial charge on any atom is 0.573 e. The number of amides is 4. The van der Waals surface area contributed by atoms with Gasteiger partial charge in [0.15, 0.2) is 0 Å². The Labute approximate surface area is 328 Å². The summed E-state index contributed by atoms with van der Waals surface area (Å²) in [5, 5.41) is 17.6. The molecular weight excluding hydrogens is 769 g/mol. The van der Waals surface area contributed by atoms with Crippen molar-refractivity contribution in [3.05, 3.63) is 70.3 Å². The molecule has 292 valence electrons. The lowest BCUT2D eigenvalue weighted by Gasteiger charge is -2.49. The van der Waals surface area contributed by atoms with Crippen LogP contribution >= 0.6 is 22.9 Å². The summed E-state index contributed by atoms with van der Waals surface area (Å²) >= 11 is 7.79. The molecule has 6 unspecified atom stereocenters. The number of carbonyl (C=O) groups excluding carboxylic acids is 4. The monoisotopic (exact) mass is 806 g/mol. The fourth-order valence-corrected chi connectivity index (χ4v) is 11.8. The zero-order chi connectivity index (χ0) is 39.6. The first-order chi connectivity index (χ1) is 26.6. The first kappa shape index (κ1) is 36.9. The van der Waals surface area contributed by atoms with Crippen LogP contribution in [-0.2, 0) is 26.2 Å². The van der Waals surface area contributed by atoms with E-state index < -0.39 is 64.7 Å². The van der Waals surface area contributed by atoms with Crippen molar-refractivity contribution in [2.45, 2.75) is 77.1 Å². The Kier molecular flexibility index (Phi) is 8.52. The van der Waals surface area contributed by atoms with E-state index in [0.717, 1.165) is 62.9 Å². The average molecular weight is 807 g/mol. The number of phenolic OH excluding ortho intramolecular Hbond substituents is 1. The lowest BCUT2D eigenvalue weighted by Crippen LogP contribution is -2.49. The number of rotatable bonds is 5. The molecule has 2 aromatic carbocycles. The molecular formula is C41H38ClF3N4O6S. The van der Waals surface area contributed by atoms with Crippen molar-refractivity contribution in [1.82, 2.24) is 14.7 Å². The Morgan fingerprint density at radius 2 is 1.73 bits per heavy atom. The third-order valence-electron chi connectivity index (χ3n) is 13.0. The van der Waals surface area contributed by atoms with Gasteiger partial charge in [0.05, 0.1) is 28.0 Å². The normalized spacial score (nSPS) is 28.2. The predicted octanol–water partition coefficient (Wildman–Crippen LogP) is 8.43. The predicted molar refractivity (Wildman–Crippen MR) is 202 cm³/mol. The van der Waals surface area contributed by atoms with Gasteiger partial charge >= 0.3 is 6.36 Å². The number of likely N-dealkylation sites (tertiary alicyclic amines) is 1. The molecule has 1 N–H and O–H groups in total. The minimum atomic E-state index is -5.04. The topological polar surface area (TPSA) is 122 Å². The number of aromatic nitrogens is 2. The summed E-state index contributed by atoms with van der Waals surface area (Å²) in [7, 11) is 1.63. The summed E-state index contributed by atoms with van der Waals surface area (Å²) in [4.78, 5) is 61.7. The lowest BCUT2D eigenvalue weighted by molar-refractivity contribution is -0.274. The van der Waals surface area contributed by atoms with Crippen molar-refractivity contribution in [2.24, 2.45) is 36.1 Å². The number of hydrogen-bond acceptors (Lipinski definition) is 8. The van der Waals surface area contributed by atoms with Crippen LogP contribution in [-0.4, -0.2) is 55.8 Å². The maximum atomic E-state index is 15.1. The van der Waals surface area contributed by atoms with E-state index in [1.54, 1.807) is 26.1 Å². The first-order valence-electron chi connectivity index (χ1n) is 18.9. The number of nitrogens with zero attached hydrogens (tertiary/aromatic N) is 4. The Hall–Kier alpha value is -4.69. The largest absolute Gasteiger partial charge is 0.573 e. The number of aryl methyl sites for hydroxylation is 2. The number of hydrogen-bond donors (Lipinski definition) is 1. The van der Waals surface area contributed by atoms with E-state index in [1.165, 1.54) is 20.9 Å². The highest BCUT2D eigenvalue weighted by Crippen LogP contribution is 2.65. The molecule has 4 fully saturated rings. The van der Waals surface area contributed by atoms with E-state index >= 15 is 4.79 Å². The van der Waals surface area contributed by atoms with Gasteiger partial charge in [-0.2, -0.15) is 5.10 Å². The van der Waals surface area contributed by atoms with E-state index in [4.69, 9.17) is 16.7 Å². The molecule has 2 saturated carbocycles. The van der Waals surface area contributed by atoms with Gasteiger partial charge < -0.3 is 9.84 Å². The summed E-state index contributed by atoms with van der Waals surface area (Å²) in [5.41, 5.74) is 0.342. The standard InChI is InChI=1S/C41H38ClF3N4O6S/c1-19-25-15-20(42)9-14-31(25)56-35(19)29-18-32(47(3)46-29)49-37(52)28-17-26-23(11-12-24-33(26)38(53)48(36(24)51)21-7-5-4-6-8-21)34(40(28,2)39(49)54)27-16-22(10-13-30(27)50)55-41(43,44)45/h9-11,13-16,18,21,24,26,28,33-34,50H,4-8,12,17H2,1-3H3. The van der Waals surface area contributed by atoms with Crippen molar-refractivity contribution in [2.75, 3.05) is 4.90 Å². The highest BCUT2D eigenvalue weighted by molar-refractivity contribution is 7.22. The summed E-state index contributed by atoms with van der Waals surface area (Å²) < 4.78 is 47.3. The number of anilines is 1. The second-order valence-electron chi connectivity index (χ2n) is 16.0. The van der Waals surface area contributed by atoms with Crippen LogP contribution in [0, 0.1) is 36.0 Å². The van der Waals surface area contributed by atoms with Crippen LogP contribution < -0.4 is 9.64 Å². The van der Waals surface area contributed by atoms with Gasteiger partial charge in [-0.3, -0.25) is 28.8 Å². The molecule has 0 spiro atoms. The number of benzene rings is 2. The molecule has 15 heteroatoms. The molecule has 2 saturated heterocycles. The second-order valence-corrected chi connectivity index (χ2v) is 17.5. The van der Waals surface area contributed by atoms with Gasteiger partial charge in [0.25, 0.3) is 0 Å². The zero-order valence-corrected chi connectivity index (χ0v) is 32.3. The smallest absolute Gasteiger partial charge is 0.508 e. The van der Waals surface area contributed by atoms with E-state index in [2.05, 4.69) is 4.74 Å². The van der Waals surface area contributed by atoms with Crippen LogP contribution in [0.25, 0.3) is 20.7 Å². The quantitative estimate of drug-likeness (QED) is 0.159. The fraction of sp³-hybridized carbons (Fsp3) is 0.439. The number of phenols is 1. The van der Waals surface area contributed by atoms with Crippen molar-refractivity contribution >= 4 is 62.5 Å². The molecule has 4 aromatic rings. The second kappa shape index (κ2) is 12.9. The Morgan fingerprint density at radius 3 is 2.46 bits per heavy atom. The zero-order valence-electron chi connectivity index (χ0n) is 30.7. The highest BCUT2D eigenvalue weighted by atomic mass is 35.5. The average Bonchev–Trinajstić information content (AvgIpc) is 3.82. The SMILES string of the molecule is Cc1c(-c2cc(N3C(=O)C4CC5C(=CCC6C(=O)N(C7CCCCC7)C(=O)C65)C(c5cc(OC(F)(F)F)ccc5O)C4(C)C3=O)n(C)n2)sc2ccc(Cl)cc12. The first-order valence-corrected chi connectivity index (χ1v) is 20.0. The van der Waals surface area contributed by atoms with E-state index in [0.29, 0.717) is 29.1 Å². The number of halogens is 4. The van der Waals surface area contributed by atoms with Crippen LogP contribution in [0.5, 0.6) is 11.5 Å². The summed E-state index contributed by atoms with van der Waals surface area (Å²) in [6, 6.07) is 10.2. The number of imide groups is 2. The highest BCUT2D eigenvalue weighted by Gasteiger charge is 2.68. The van der Waals surface area contributed by atoms with Gasteiger partial charge in [-0.1, -0.05) is 42.5 Å². The summed E-state index contributed by atoms with van der Waals surface area (Å²) in [5.74, 6) is -6.92. The van der Waals surface area contributed by atoms with Crippen LogP contribution in [0.1, 0.15) is 68.9 Å². The van der Waals surface area contributed by atoms with Crippen molar-refractivity contribution in [3.63, 3.8) is 0 Å². The summed E-state index contributed by atoms with van der Waals surface area (Å²) in [6.45, 7) is 3.55. The minimum absolute atomic E-state index is 0.0391. The van der Waals surface area contributed by atoms with Crippen molar-refractivity contribution in [3.8, 4) is 22.1 Å². The third-order valence-corrected chi connectivity index (χ3v) is 14.5. The Bertz CT molecular complexity index is 2400. The number of thiophene rings is 1. The van der Waals surface area contributed by atoms with E-state index in [-0.39, 0.29) is 42.1 Å². The molecule has 56 heavy (non-hydrogen) atoms. The lowest BCUT2D eigenvalue weighted by atomic mass is 9.51. The molecule has 0 bridgehead atoms. The molecule has 3 aliphatic carbocycles. The maximum absolute atomic E-state index is 15.1. The molecule has 4 amide bonds. The molecule has 10 nitrogen and oxygen atoms in total. The van der Waals surface area contributed by atoms with Gasteiger partial charge in [0.1, 0.15) is 23.0 Å². The number of alkyl halides is 3. The summed E-state index contributed by atoms with van der Waals surface area (Å²) in [6.07, 6.45) is 1.27. The number of allylic oxidation sites excluding steroid dienone is 2. The van der Waals surface area contributed by atoms with E-state index in [9.17, 15) is 32.7 Å². The van der Waals surface area contributed by atoms with Crippen LogP contribution in [0.4, 0.5) is 19.0 Å². The van der Waals surface area contributed by atoms with Gasteiger partial charge in [-0.25, -0.2) is 4.90 Å². The molecule has 0 radical (unpaired) electrons. The number of aromatic hydroxyl groups is 1.